The molecule has 2 saturated heterocycles. The predicted molar refractivity (Wildman–Crippen MR) is 269 cm³/mol. The number of carboxylic acids is 1. The SMILES string of the molecule is CN(CCc1ccccn1)C(=O)C(CCN1CCC2(CC1)OC(=O)Nc1ccc(F)cc12)c1ccc(Cl)c(Cl)c1.O=C1Nc2ccc(F)cc2C2(CCN(CCC(C(=O)O)c3ccc(Cl)c(Cl)c3)CC2)O1. The van der Waals surface area contributed by atoms with Crippen molar-refractivity contribution in [3.05, 3.63) is 157 Å². The van der Waals surface area contributed by atoms with Crippen LogP contribution in [0.25, 0.3) is 0 Å². The van der Waals surface area contributed by atoms with Crippen LogP contribution in [-0.4, -0.2) is 102 Å². The number of benzene rings is 4. The molecule has 19 heteroatoms. The molecule has 2 atom stereocenters. The van der Waals surface area contributed by atoms with Gasteiger partial charge in [-0.05, 0) is 110 Å². The average molecular weight is 1050 g/mol. The number of fused-ring (bicyclic) bond motifs is 4. The zero-order valence-corrected chi connectivity index (χ0v) is 41.8. The summed E-state index contributed by atoms with van der Waals surface area (Å²) in [5.41, 5.74) is 3.09. The van der Waals surface area contributed by atoms with Crippen LogP contribution in [0.3, 0.4) is 0 Å². The molecule has 3 N–H and O–H groups in total. The number of aromatic nitrogens is 1. The molecule has 0 aliphatic carbocycles. The van der Waals surface area contributed by atoms with Crippen molar-refractivity contribution in [3.63, 3.8) is 0 Å². The fourth-order valence-corrected chi connectivity index (χ4v) is 10.5. The van der Waals surface area contributed by atoms with Crippen LogP contribution in [0.15, 0.2) is 97.2 Å². The van der Waals surface area contributed by atoms with E-state index in [-0.39, 0.29) is 17.5 Å². The molecule has 3 amide bonds. The number of likely N-dealkylation sites (N-methyl/N-ethyl adjacent to an activating group) is 1. The number of nitrogens with one attached hydrogen (secondary N) is 2. The van der Waals surface area contributed by atoms with Gasteiger partial charge in [0.1, 0.15) is 22.8 Å². The molecule has 9 rings (SSSR count). The van der Waals surface area contributed by atoms with E-state index in [0.29, 0.717) is 139 Å². The minimum absolute atomic E-state index is 0.000475. The third-order valence-electron chi connectivity index (χ3n) is 13.9. The monoisotopic (exact) mass is 1050 g/mol. The molecule has 5 heterocycles. The summed E-state index contributed by atoms with van der Waals surface area (Å²) in [5, 5.41) is 16.5. The Morgan fingerprint density at radius 1 is 0.690 bits per heavy atom. The van der Waals surface area contributed by atoms with Gasteiger partial charge in [0.15, 0.2) is 0 Å². The Morgan fingerprint density at radius 2 is 1.17 bits per heavy atom. The number of piperidine rings is 2. The molecule has 0 radical (unpaired) electrons. The van der Waals surface area contributed by atoms with Crippen molar-refractivity contribution in [3.8, 4) is 0 Å². The van der Waals surface area contributed by atoms with Gasteiger partial charge in [-0.1, -0.05) is 64.6 Å². The Bertz CT molecular complexity index is 2780. The highest BCUT2D eigenvalue weighted by Crippen LogP contribution is 2.45. The number of rotatable bonds is 13. The second kappa shape index (κ2) is 22.5. The first-order valence-corrected chi connectivity index (χ1v) is 24.8. The molecule has 374 valence electrons. The maximum Gasteiger partial charge on any atom is 0.412 e. The van der Waals surface area contributed by atoms with Crippen LogP contribution in [0.1, 0.15) is 78.3 Å². The second-order valence-corrected chi connectivity index (χ2v) is 19.9. The molecule has 0 saturated carbocycles. The highest BCUT2D eigenvalue weighted by atomic mass is 35.5. The Morgan fingerprint density at radius 3 is 1.62 bits per heavy atom. The van der Waals surface area contributed by atoms with Crippen molar-refractivity contribution in [1.29, 1.82) is 0 Å². The Balaban J connectivity index is 0.000000197. The van der Waals surface area contributed by atoms with Gasteiger partial charge in [-0.15, -0.1) is 0 Å². The summed E-state index contributed by atoms with van der Waals surface area (Å²) < 4.78 is 39.3. The standard InChI is InChI=1S/C30H31Cl2FN4O3.C22H21Cl2FN2O4/c1-36(14-9-22-4-2-3-13-34-22)28(38)23(20-5-7-25(31)26(32)18-20)10-15-37-16-11-30(12-17-37)24-19-21(33)6-8-27(24)35-29(39)40-30;23-17-3-1-13(11-18(17)24)15(20(28)29)5-8-27-9-6-22(7-10-27)16-12-14(25)2-4-19(16)26-21(30)31-22/h2-8,13,18-19,23H,9-12,14-17H2,1H3,(H,35,39);1-4,11-12,15H,5-10H2,(H,26,30)(H,28,29). The number of likely N-dealkylation sites (tertiary alicyclic amines) is 2. The number of amides is 3. The van der Waals surface area contributed by atoms with Crippen molar-refractivity contribution in [1.82, 2.24) is 19.7 Å². The van der Waals surface area contributed by atoms with Crippen molar-refractivity contribution in [2.75, 3.05) is 63.5 Å². The van der Waals surface area contributed by atoms with Gasteiger partial charge in [0.25, 0.3) is 0 Å². The van der Waals surface area contributed by atoms with E-state index in [2.05, 4.69) is 25.4 Å². The minimum atomic E-state index is -0.927. The quantitative estimate of drug-likeness (QED) is 0.104. The highest BCUT2D eigenvalue weighted by Gasteiger charge is 2.46. The van der Waals surface area contributed by atoms with Crippen molar-refractivity contribution in [2.45, 2.75) is 68.0 Å². The Kier molecular flexibility index (Phi) is 16.4. The molecule has 13 nitrogen and oxygen atoms in total. The predicted octanol–water partition coefficient (Wildman–Crippen LogP) is 11.5. The van der Waals surface area contributed by atoms with Gasteiger partial charge in [-0.2, -0.15) is 0 Å². The Hall–Kier alpha value is -5.55. The summed E-state index contributed by atoms with van der Waals surface area (Å²) >= 11 is 24.5. The van der Waals surface area contributed by atoms with Gasteiger partial charge in [0, 0.05) is 94.9 Å². The van der Waals surface area contributed by atoms with Crippen LogP contribution in [-0.2, 0) is 36.7 Å². The maximum atomic E-state index is 14.1. The largest absolute Gasteiger partial charge is 0.481 e. The van der Waals surface area contributed by atoms with Crippen LogP contribution in [0.4, 0.5) is 29.7 Å². The lowest BCUT2D eigenvalue weighted by molar-refractivity contribution is -0.139. The van der Waals surface area contributed by atoms with E-state index in [1.807, 2.05) is 31.3 Å². The summed E-state index contributed by atoms with van der Waals surface area (Å²) in [6.45, 7) is 4.21. The molecule has 2 unspecified atom stereocenters. The van der Waals surface area contributed by atoms with E-state index in [4.69, 9.17) is 55.9 Å². The van der Waals surface area contributed by atoms with Crippen molar-refractivity contribution >= 4 is 81.8 Å². The van der Waals surface area contributed by atoms with Crippen molar-refractivity contribution in [2.24, 2.45) is 0 Å². The summed E-state index contributed by atoms with van der Waals surface area (Å²) in [7, 11) is 1.81. The Labute approximate surface area is 430 Å². The van der Waals surface area contributed by atoms with Gasteiger partial charge in [-0.25, -0.2) is 18.4 Å². The first-order chi connectivity index (χ1) is 34.0. The second-order valence-electron chi connectivity index (χ2n) is 18.3. The number of anilines is 2. The molecule has 2 fully saturated rings. The maximum absolute atomic E-state index is 14.1. The molecule has 71 heavy (non-hydrogen) atoms. The number of carbonyl (C=O) groups excluding carboxylic acids is 3. The van der Waals surface area contributed by atoms with Gasteiger partial charge >= 0.3 is 18.2 Å². The zero-order chi connectivity index (χ0) is 50.5. The third kappa shape index (κ3) is 12.2. The lowest BCUT2D eigenvalue weighted by Crippen LogP contribution is -2.48. The summed E-state index contributed by atoms with van der Waals surface area (Å²) in [4.78, 5) is 60.3. The minimum Gasteiger partial charge on any atom is -0.481 e. The fraction of sp³-hybridized carbons (Fsp3) is 0.365. The number of hydrogen-bond acceptors (Lipinski definition) is 9. The number of hydrogen-bond donors (Lipinski definition) is 3. The van der Waals surface area contributed by atoms with Gasteiger partial charge < -0.3 is 29.3 Å². The zero-order valence-electron chi connectivity index (χ0n) is 38.7. The third-order valence-corrected chi connectivity index (χ3v) is 15.4. The molecule has 5 aromatic rings. The van der Waals surface area contributed by atoms with Gasteiger partial charge in [0.2, 0.25) is 5.91 Å². The van der Waals surface area contributed by atoms with E-state index < -0.39 is 41.2 Å². The number of carbonyl (C=O) groups is 4. The average Bonchev–Trinajstić information content (AvgIpc) is 3.35. The fourth-order valence-electron chi connectivity index (χ4n) is 9.91. The smallest absolute Gasteiger partial charge is 0.412 e. The summed E-state index contributed by atoms with van der Waals surface area (Å²) in [5.74, 6) is -2.80. The van der Waals surface area contributed by atoms with Crippen LogP contribution >= 0.6 is 46.4 Å². The molecule has 4 aliphatic heterocycles. The van der Waals surface area contributed by atoms with Crippen LogP contribution in [0.2, 0.25) is 20.1 Å². The molecular formula is C52H52Cl4F2N6O7. The van der Waals surface area contributed by atoms with E-state index in [1.165, 1.54) is 24.3 Å². The normalized spacial score (nSPS) is 17.8. The van der Waals surface area contributed by atoms with E-state index in [0.717, 1.165) is 11.3 Å². The number of ether oxygens (including phenoxy) is 2. The highest BCUT2D eigenvalue weighted by molar-refractivity contribution is 6.42. The topological polar surface area (TPSA) is 154 Å². The lowest BCUT2D eigenvalue weighted by Gasteiger charge is -2.44. The molecular weight excluding hydrogens is 1000 g/mol. The van der Waals surface area contributed by atoms with Crippen LogP contribution in [0.5, 0.6) is 0 Å². The number of nitrogens with zero attached hydrogens (tertiary/aromatic N) is 4. The van der Waals surface area contributed by atoms with Gasteiger partial charge in [0.05, 0.1) is 43.3 Å². The number of pyridine rings is 1. The molecule has 4 aromatic carbocycles. The number of halogens is 6. The molecule has 1 aromatic heterocycles. The van der Waals surface area contributed by atoms with E-state index in [9.17, 15) is 33.1 Å². The number of carboxylic acid groups (broad SMARTS) is 1. The van der Waals surface area contributed by atoms with E-state index in [1.54, 1.807) is 53.6 Å². The molecule has 2 spiro atoms. The summed E-state index contributed by atoms with van der Waals surface area (Å²) in [6, 6.07) is 24.6. The molecule has 0 bridgehead atoms. The first-order valence-electron chi connectivity index (χ1n) is 23.3. The summed E-state index contributed by atoms with van der Waals surface area (Å²) in [6.07, 6.45) is 4.38. The van der Waals surface area contributed by atoms with Crippen LogP contribution in [0, 0.1) is 11.6 Å². The first kappa shape index (κ1) is 51.8. The lowest BCUT2D eigenvalue weighted by atomic mass is 9.82. The van der Waals surface area contributed by atoms with E-state index >= 15 is 0 Å². The number of aliphatic carboxylic acids is 1. The van der Waals surface area contributed by atoms with Crippen LogP contribution < -0.4 is 10.6 Å². The van der Waals surface area contributed by atoms with Crippen molar-refractivity contribution < 1.29 is 42.5 Å². The molecule has 4 aliphatic rings. The van der Waals surface area contributed by atoms with Gasteiger partial charge in [-0.3, -0.25) is 25.2 Å².